The Bertz CT molecular complexity index is 1340. The Morgan fingerprint density at radius 2 is 1.68 bits per heavy atom. The molecule has 3 aromatic rings. The van der Waals surface area contributed by atoms with Gasteiger partial charge in [0, 0.05) is 19.2 Å². The van der Waals surface area contributed by atoms with E-state index in [1.165, 1.54) is 36.2 Å². The lowest BCUT2D eigenvalue weighted by atomic mass is 9.94. The topological polar surface area (TPSA) is 66.8 Å². The summed E-state index contributed by atoms with van der Waals surface area (Å²) in [4.78, 5) is 24.6. The van der Waals surface area contributed by atoms with E-state index < -0.39 is 35.5 Å². The molecule has 0 aromatic heterocycles. The summed E-state index contributed by atoms with van der Waals surface area (Å²) in [6.07, 6.45) is -0.545. The first-order chi connectivity index (χ1) is 19.4. The van der Waals surface area contributed by atoms with E-state index >= 15 is 4.39 Å². The van der Waals surface area contributed by atoms with Crippen LogP contribution in [0.4, 0.5) is 17.6 Å². The quantitative estimate of drug-likeness (QED) is 0.165. The zero-order chi connectivity index (χ0) is 30.2. The van der Waals surface area contributed by atoms with Gasteiger partial charge < -0.3 is 14.7 Å². The van der Waals surface area contributed by atoms with Crippen molar-refractivity contribution in [1.82, 2.24) is 4.90 Å². The Morgan fingerprint density at radius 1 is 0.976 bits per heavy atom. The van der Waals surface area contributed by atoms with Crippen molar-refractivity contribution in [3.8, 4) is 16.9 Å². The molecule has 0 saturated heterocycles. The molecule has 3 rings (SSSR count). The van der Waals surface area contributed by atoms with E-state index in [0.29, 0.717) is 12.0 Å². The fraction of sp³-hybridized carbons (Fsp3) is 0.375. The van der Waals surface area contributed by atoms with Crippen LogP contribution in [0.15, 0.2) is 60.7 Å². The van der Waals surface area contributed by atoms with Gasteiger partial charge in [-0.3, -0.25) is 9.59 Å². The van der Waals surface area contributed by atoms with E-state index in [1.54, 1.807) is 0 Å². The van der Waals surface area contributed by atoms with Gasteiger partial charge in [0.25, 0.3) is 5.91 Å². The lowest BCUT2D eigenvalue weighted by molar-refractivity contribution is -0.138. The molecule has 0 heterocycles. The Labute approximate surface area is 237 Å². The number of amides is 1. The fourth-order valence-electron chi connectivity index (χ4n) is 4.57. The van der Waals surface area contributed by atoms with Gasteiger partial charge in [-0.2, -0.15) is 13.2 Å². The minimum Gasteiger partial charge on any atom is -0.483 e. The maximum atomic E-state index is 15.1. The highest BCUT2D eigenvalue weighted by atomic mass is 19.4. The largest absolute Gasteiger partial charge is 0.483 e. The average molecular weight is 574 g/mol. The number of ether oxygens (including phenoxy) is 1. The summed E-state index contributed by atoms with van der Waals surface area (Å²) in [5, 5.41) is 8.84. The minimum atomic E-state index is -4.41. The molecule has 0 bridgehead atoms. The second-order valence-electron chi connectivity index (χ2n) is 10.1. The van der Waals surface area contributed by atoms with Gasteiger partial charge in [-0.15, -0.1) is 0 Å². The molecule has 3 aromatic carbocycles. The molecule has 1 N–H and O–H groups in total. The highest BCUT2D eigenvalue weighted by Gasteiger charge is 2.30. The molecule has 5 nitrogen and oxygen atoms in total. The zero-order valence-electron chi connectivity index (χ0n) is 23.4. The number of aliphatic carboxylic acids is 1. The van der Waals surface area contributed by atoms with Crippen LogP contribution in [-0.2, 0) is 11.0 Å². The van der Waals surface area contributed by atoms with Crippen molar-refractivity contribution in [2.75, 3.05) is 13.6 Å². The molecule has 1 atom stereocenters. The first kappa shape index (κ1) is 31.6. The van der Waals surface area contributed by atoms with E-state index in [2.05, 4.69) is 6.92 Å². The maximum Gasteiger partial charge on any atom is 0.416 e. The summed E-state index contributed by atoms with van der Waals surface area (Å²) in [7, 11) is 1.45. The number of benzene rings is 3. The molecule has 1 amide bonds. The smallest absolute Gasteiger partial charge is 0.416 e. The number of rotatable bonds is 13. The van der Waals surface area contributed by atoms with Gasteiger partial charge in [-0.1, -0.05) is 56.5 Å². The van der Waals surface area contributed by atoms with E-state index in [9.17, 15) is 22.8 Å². The second-order valence-corrected chi connectivity index (χ2v) is 10.1. The second kappa shape index (κ2) is 14.1. The summed E-state index contributed by atoms with van der Waals surface area (Å²) in [5.74, 6) is -2.26. The lowest BCUT2D eigenvalue weighted by Gasteiger charge is -2.22. The molecular weight excluding hydrogens is 538 g/mol. The third-order valence-electron chi connectivity index (χ3n) is 6.92. The zero-order valence-corrected chi connectivity index (χ0v) is 23.4. The molecule has 0 aliphatic rings. The van der Waals surface area contributed by atoms with Gasteiger partial charge in [0.2, 0.25) is 0 Å². The summed E-state index contributed by atoms with van der Waals surface area (Å²) >= 11 is 0. The van der Waals surface area contributed by atoms with Crippen LogP contribution in [0.3, 0.4) is 0 Å². The van der Waals surface area contributed by atoms with Crippen molar-refractivity contribution >= 4 is 11.9 Å². The molecule has 0 spiro atoms. The molecular formula is C32H35F4NO4. The summed E-state index contributed by atoms with van der Waals surface area (Å²) in [6.45, 7) is 3.97. The van der Waals surface area contributed by atoms with Gasteiger partial charge in [0.15, 0.2) is 11.6 Å². The van der Waals surface area contributed by atoms with Gasteiger partial charge >= 0.3 is 12.1 Å². The van der Waals surface area contributed by atoms with E-state index in [1.807, 2.05) is 25.1 Å². The van der Waals surface area contributed by atoms with Gasteiger partial charge in [-0.05, 0) is 72.4 Å². The van der Waals surface area contributed by atoms with Crippen LogP contribution >= 0.6 is 0 Å². The molecule has 41 heavy (non-hydrogen) atoms. The monoisotopic (exact) mass is 573 g/mol. The number of nitrogens with zero attached hydrogens (tertiary/aromatic N) is 1. The van der Waals surface area contributed by atoms with Gasteiger partial charge in [0.05, 0.1) is 12.0 Å². The highest BCUT2D eigenvalue weighted by Crippen LogP contribution is 2.34. The number of hydrogen-bond acceptors (Lipinski definition) is 3. The van der Waals surface area contributed by atoms with Crippen molar-refractivity contribution in [3.63, 3.8) is 0 Å². The third-order valence-corrected chi connectivity index (χ3v) is 6.92. The Hall–Kier alpha value is -3.88. The predicted molar refractivity (Wildman–Crippen MR) is 149 cm³/mol. The molecule has 0 radical (unpaired) electrons. The molecule has 1 unspecified atom stereocenters. The molecule has 9 heteroatoms. The number of carbonyl (C=O) groups excluding carboxylic acids is 1. The van der Waals surface area contributed by atoms with Crippen LogP contribution in [-0.4, -0.2) is 35.5 Å². The number of aryl methyl sites for hydroxylation is 1. The summed E-state index contributed by atoms with van der Waals surface area (Å²) in [5.41, 5.74) is 2.46. The first-order valence-electron chi connectivity index (χ1n) is 13.6. The van der Waals surface area contributed by atoms with E-state index in [4.69, 9.17) is 9.84 Å². The molecule has 0 aliphatic carbocycles. The number of carbonyl (C=O) groups is 2. The van der Waals surface area contributed by atoms with Crippen LogP contribution in [0.25, 0.3) is 11.1 Å². The van der Waals surface area contributed by atoms with Crippen LogP contribution < -0.4 is 4.74 Å². The molecule has 0 saturated carbocycles. The molecule has 0 fully saturated rings. The van der Waals surface area contributed by atoms with Crippen molar-refractivity contribution in [2.45, 2.75) is 64.7 Å². The van der Waals surface area contributed by atoms with Gasteiger partial charge in [-0.25, -0.2) is 4.39 Å². The number of carboxylic acids is 1. The Balaban J connectivity index is 1.83. The lowest BCUT2D eigenvalue weighted by Crippen LogP contribution is -2.29. The van der Waals surface area contributed by atoms with Crippen LogP contribution in [0.2, 0.25) is 0 Å². The summed E-state index contributed by atoms with van der Waals surface area (Å²) in [6, 6.07) is 14.5. The van der Waals surface area contributed by atoms with Crippen molar-refractivity contribution in [2.24, 2.45) is 0 Å². The van der Waals surface area contributed by atoms with Crippen molar-refractivity contribution < 1.29 is 37.0 Å². The van der Waals surface area contributed by atoms with Crippen LogP contribution in [0.1, 0.15) is 78.6 Å². The van der Waals surface area contributed by atoms with Crippen LogP contribution in [0.5, 0.6) is 5.75 Å². The fourth-order valence-corrected chi connectivity index (χ4v) is 4.57. The Kier molecular flexibility index (Phi) is 10.9. The standard InChI is InChI=1S/C32H35F4NO4/c1-4-5-6-7-8-28(41-29-16-12-24(20-27(29)33)31(40)37(3)18-17-30(38)39)23-11-15-26(21(2)19-23)22-9-13-25(14-10-22)32(34,35)36/h9-16,19-20,28H,4-8,17-18H2,1-3H3,(H,38,39). The Morgan fingerprint density at radius 3 is 2.27 bits per heavy atom. The number of alkyl halides is 3. The van der Waals surface area contributed by atoms with Crippen molar-refractivity contribution in [1.29, 1.82) is 0 Å². The highest BCUT2D eigenvalue weighted by molar-refractivity contribution is 5.94. The van der Waals surface area contributed by atoms with E-state index in [-0.39, 0.29) is 24.3 Å². The molecule has 220 valence electrons. The SMILES string of the molecule is CCCCCCC(Oc1ccc(C(=O)N(C)CCC(=O)O)cc1F)c1ccc(-c2ccc(C(F)(F)F)cc2)c(C)c1. The number of carboxylic acid groups (broad SMARTS) is 1. The summed E-state index contributed by atoms with van der Waals surface area (Å²) < 4.78 is 60.2. The average Bonchev–Trinajstić information content (AvgIpc) is 2.93. The third kappa shape index (κ3) is 8.80. The number of unbranched alkanes of at least 4 members (excludes halogenated alkanes) is 3. The van der Waals surface area contributed by atoms with Gasteiger partial charge in [0.1, 0.15) is 6.10 Å². The van der Waals surface area contributed by atoms with E-state index in [0.717, 1.165) is 60.6 Å². The normalized spacial score (nSPS) is 12.2. The van der Waals surface area contributed by atoms with Crippen LogP contribution in [0, 0.1) is 12.7 Å². The maximum absolute atomic E-state index is 15.1. The number of halogens is 4. The number of hydrogen-bond donors (Lipinski definition) is 1. The molecule has 0 aliphatic heterocycles. The minimum absolute atomic E-state index is 0.00428. The predicted octanol–water partition coefficient (Wildman–Crippen LogP) is 8.46. The van der Waals surface area contributed by atoms with Crippen molar-refractivity contribution in [3.05, 3.63) is 88.7 Å². The first-order valence-corrected chi connectivity index (χ1v) is 13.6.